The van der Waals surface area contributed by atoms with Crippen LogP contribution in [0.3, 0.4) is 0 Å². The van der Waals surface area contributed by atoms with Crippen molar-refractivity contribution in [3.05, 3.63) is 65.2 Å². The molecule has 2 aliphatic rings. The summed E-state index contributed by atoms with van der Waals surface area (Å²) in [5.74, 6) is 0.448. The summed E-state index contributed by atoms with van der Waals surface area (Å²) >= 11 is 0. The van der Waals surface area contributed by atoms with Gasteiger partial charge in [0.05, 0.1) is 18.7 Å². The molecule has 0 aliphatic carbocycles. The van der Waals surface area contributed by atoms with E-state index < -0.39 is 11.7 Å². The Labute approximate surface area is 216 Å². The van der Waals surface area contributed by atoms with E-state index in [-0.39, 0.29) is 23.8 Å². The van der Waals surface area contributed by atoms with Crippen molar-refractivity contribution in [2.75, 3.05) is 52.4 Å². The smallest absolute Gasteiger partial charge is 0.416 e. The van der Waals surface area contributed by atoms with Crippen LogP contribution < -0.4 is 4.74 Å². The van der Waals surface area contributed by atoms with Gasteiger partial charge in [0, 0.05) is 49.9 Å². The quantitative estimate of drug-likeness (QED) is 0.360. The van der Waals surface area contributed by atoms with Crippen LogP contribution in [0.4, 0.5) is 13.2 Å². The second-order valence-electron chi connectivity index (χ2n) is 9.82. The molecule has 2 heterocycles. The molecule has 0 saturated carbocycles. The van der Waals surface area contributed by atoms with Gasteiger partial charge in [-0.25, -0.2) is 0 Å². The molecule has 0 bridgehead atoms. The van der Waals surface area contributed by atoms with Crippen LogP contribution in [0.1, 0.15) is 52.5 Å². The predicted molar refractivity (Wildman–Crippen MR) is 135 cm³/mol. The van der Waals surface area contributed by atoms with Crippen LogP contribution in [0.5, 0.6) is 5.75 Å². The van der Waals surface area contributed by atoms with Crippen LogP contribution in [-0.4, -0.2) is 84.9 Å². The van der Waals surface area contributed by atoms with E-state index in [4.69, 9.17) is 4.74 Å². The zero-order valence-corrected chi connectivity index (χ0v) is 21.2. The molecule has 2 aromatic carbocycles. The summed E-state index contributed by atoms with van der Waals surface area (Å²) < 4.78 is 44.1. The minimum absolute atomic E-state index is 0.00270. The second kappa shape index (κ2) is 12.1. The SMILES string of the molecule is C[C@@H]1CCCN1CCCOc1ccc(C(=O)CN2CCN(C(=O)c3ccc(C(F)(F)F)cc3)CC2)cc1. The highest BCUT2D eigenvalue weighted by Gasteiger charge is 2.31. The highest BCUT2D eigenvalue weighted by Crippen LogP contribution is 2.29. The lowest BCUT2D eigenvalue weighted by Gasteiger charge is -2.34. The van der Waals surface area contributed by atoms with Gasteiger partial charge in [0.1, 0.15) is 5.75 Å². The predicted octanol–water partition coefficient (Wildman–Crippen LogP) is 4.60. The standard InChI is InChI=1S/C28H34F3N3O3/c1-21-4-2-13-33(21)14-3-19-37-25-11-7-22(8-12-25)26(35)20-32-15-17-34(18-16-32)27(36)23-5-9-24(10-6-23)28(29,30)31/h5-12,21H,2-4,13-20H2,1H3/t21-/m1/s1. The van der Waals surface area contributed by atoms with Crippen molar-refractivity contribution < 1.29 is 27.5 Å². The lowest BCUT2D eigenvalue weighted by atomic mass is 10.1. The van der Waals surface area contributed by atoms with Crippen molar-refractivity contribution in [1.82, 2.24) is 14.7 Å². The van der Waals surface area contributed by atoms with E-state index in [1.54, 1.807) is 17.0 Å². The molecule has 2 aliphatic heterocycles. The van der Waals surface area contributed by atoms with E-state index in [2.05, 4.69) is 11.8 Å². The highest BCUT2D eigenvalue weighted by molar-refractivity contribution is 5.97. The minimum atomic E-state index is -4.43. The summed E-state index contributed by atoms with van der Waals surface area (Å²) in [6.07, 6.45) is -0.918. The Morgan fingerprint density at radius 3 is 2.16 bits per heavy atom. The molecule has 9 heteroatoms. The maximum atomic E-state index is 12.8. The number of nitrogens with zero attached hydrogens (tertiary/aromatic N) is 3. The molecule has 0 spiro atoms. The van der Waals surface area contributed by atoms with Gasteiger partial charge in [-0.05, 0) is 81.3 Å². The third-order valence-electron chi connectivity index (χ3n) is 7.21. The normalized spacial score (nSPS) is 19.2. The first kappa shape index (κ1) is 27.1. The number of benzene rings is 2. The average Bonchev–Trinajstić information content (AvgIpc) is 3.31. The Morgan fingerprint density at radius 1 is 0.919 bits per heavy atom. The Bertz CT molecular complexity index is 1050. The molecule has 1 atom stereocenters. The number of carbonyl (C=O) groups is 2. The van der Waals surface area contributed by atoms with Crippen LogP contribution in [0, 0.1) is 0 Å². The van der Waals surface area contributed by atoms with Gasteiger partial charge in [-0.15, -0.1) is 0 Å². The number of alkyl halides is 3. The zero-order chi connectivity index (χ0) is 26.4. The lowest BCUT2D eigenvalue weighted by Crippen LogP contribution is -2.49. The van der Waals surface area contributed by atoms with Crippen LogP contribution in [0.15, 0.2) is 48.5 Å². The first-order chi connectivity index (χ1) is 17.7. The first-order valence-electron chi connectivity index (χ1n) is 12.9. The number of Topliss-reactive ketones (excluding diaryl/α,β-unsaturated/α-hetero) is 1. The van der Waals surface area contributed by atoms with Gasteiger partial charge in [-0.2, -0.15) is 13.2 Å². The molecule has 2 aromatic rings. The molecule has 6 nitrogen and oxygen atoms in total. The van der Waals surface area contributed by atoms with Gasteiger partial charge < -0.3 is 14.5 Å². The number of likely N-dealkylation sites (tertiary alicyclic amines) is 1. The molecule has 0 radical (unpaired) electrons. The number of piperazine rings is 1. The van der Waals surface area contributed by atoms with E-state index >= 15 is 0 Å². The number of amides is 1. The highest BCUT2D eigenvalue weighted by atomic mass is 19.4. The van der Waals surface area contributed by atoms with Crippen molar-refractivity contribution in [3.63, 3.8) is 0 Å². The molecular weight excluding hydrogens is 483 g/mol. The Morgan fingerprint density at radius 2 is 1.57 bits per heavy atom. The molecule has 37 heavy (non-hydrogen) atoms. The van der Waals surface area contributed by atoms with E-state index in [9.17, 15) is 22.8 Å². The van der Waals surface area contributed by atoms with Gasteiger partial charge in [-0.3, -0.25) is 14.5 Å². The summed E-state index contributed by atoms with van der Waals surface area (Å²) in [5.41, 5.74) is 0.0612. The fourth-order valence-electron chi connectivity index (χ4n) is 4.91. The van der Waals surface area contributed by atoms with Crippen LogP contribution in [0.2, 0.25) is 0 Å². The molecule has 2 fully saturated rings. The largest absolute Gasteiger partial charge is 0.494 e. The van der Waals surface area contributed by atoms with E-state index in [0.29, 0.717) is 44.4 Å². The third-order valence-corrected chi connectivity index (χ3v) is 7.21. The summed E-state index contributed by atoms with van der Waals surface area (Å²) in [7, 11) is 0. The summed E-state index contributed by atoms with van der Waals surface area (Å²) in [6, 6.07) is 12.1. The van der Waals surface area contributed by atoms with Crippen molar-refractivity contribution in [2.45, 2.75) is 38.4 Å². The maximum Gasteiger partial charge on any atom is 0.416 e. The third kappa shape index (κ3) is 7.32. The number of rotatable bonds is 9. The number of halogens is 3. The molecule has 0 unspecified atom stereocenters. The number of ketones is 1. The van der Waals surface area contributed by atoms with Gasteiger partial charge in [-0.1, -0.05) is 0 Å². The van der Waals surface area contributed by atoms with E-state index in [1.807, 2.05) is 17.0 Å². The summed E-state index contributed by atoms with van der Waals surface area (Å²) in [6.45, 7) is 7.24. The zero-order valence-electron chi connectivity index (χ0n) is 21.2. The van der Waals surface area contributed by atoms with Gasteiger partial charge >= 0.3 is 6.18 Å². The molecule has 200 valence electrons. The van der Waals surface area contributed by atoms with Gasteiger partial charge in [0.2, 0.25) is 0 Å². The number of hydrogen-bond acceptors (Lipinski definition) is 5. The first-order valence-corrected chi connectivity index (χ1v) is 12.9. The number of hydrogen-bond donors (Lipinski definition) is 0. The van der Waals surface area contributed by atoms with Crippen molar-refractivity contribution in [2.24, 2.45) is 0 Å². The van der Waals surface area contributed by atoms with Crippen molar-refractivity contribution in [3.8, 4) is 5.75 Å². The van der Waals surface area contributed by atoms with Gasteiger partial charge in [0.15, 0.2) is 5.78 Å². The van der Waals surface area contributed by atoms with Crippen LogP contribution in [0.25, 0.3) is 0 Å². The topological polar surface area (TPSA) is 53.1 Å². The molecule has 1 amide bonds. The Kier molecular flexibility index (Phi) is 8.87. The number of carbonyl (C=O) groups excluding carboxylic acids is 2. The second-order valence-corrected chi connectivity index (χ2v) is 9.82. The molecule has 0 aromatic heterocycles. The van der Waals surface area contributed by atoms with Crippen molar-refractivity contribution >= 4 is 11.7 Å². The van der Waals surface area contributed by atoms with Crippen LogP contribution >= 0.6 is 0 Å². The Balaban J connectivity index is 1.18. The summed E-state index contributed by atoms with van der Waals surface area (Å²) in [5, 5.41) is 0. The van der Waals surface area contributed by atoms with Crippen LogP contribution in [-0.2, 0) is 6.18 Å². The average molecular weight is 518 g/mol. The summed E-state index contributed by atoms with van der Waals surface area (Å²) in [4.78, 5) is 31.5. The molecular formula is C28H34F3N3O3. The van der Waals surface area contributed by atoms with E-state index in [1.165, 1.54) is 31.5 Å². The lowest BCUT2D eigenvalue weighted by molar-refractivity contribution is -0.137. The monoisotopic (exact) mass is 517 g/mol. The number of ether oxygens (including phenoxy) is 1. The molecule has 0 N–H and O–H groups in total. The fraction of sp³-hybridized carbons (Fsp3) is 0.500. The van der Waals surface area contributed by atoms with E-state index in [0.717, 1.165) is 30.8 Å². The maximum absolute atomic E-state index is 12.8. The molecule has 2 saturated heterocycles. The Hall–Kier alpha value is -2.91. The van der Waals surface area contributed by atoms with Crippen molar-refractivity contribution in [1.29, 1.82) is 0 Å². The fourth-order valence-corrected chi connectivity index (χ4v) is 4.91. The van der Waals surface area contributed by atoms with Gasteiger partial charge in [0.25, 0.3) is 5.91 Å². The molecule has 4 rings (SSSR count). The minimum Gasteiger partial charge on any atom is -0.494 e.